The summed E-state index contributed by atoms with van der Waals surface area (Å²) in [6, 6.07) is 9.58. The Bertz CT molecular complexity index is 994. The topological polar surface area (TPSA) is 124 Å². The third kappa shape index (κ3) is 4.21. The minimum atomic E-state index is -1.25. The number of carbonyl (C=O) groups is 1. The molecular weight excluding hydrogens is 408 g/mol. The van der Waals surface area contributed by atoms with Gasteiger partial charge in [-0.3, -0.25) is 0 Å². The summed E-state index contributed by atoms with van der Waals surface area (Å²) < 4.78 is 5.74. The van der Waals surface area contributed by atoms with Crippen molar-refractivity contribution in [2.75, 3.05) is 7.11 Å². The molecule has 1 aromatic carbocycles. The van der Waals surface area contributed by atoms with Crippen LogP contribution in [0.3, 0.4) is 0 Å². The molecular formula is C17H15ClN4O3S2. The average molecular weight is 423 g/mol. The number of halogens is 1. The maximum absolute atomic E-state index is 11.8. The lowest BCUT2D eigenvalue weighted by molar-refractivity contribution is -0.138. The number of carboxylic acid groups (broad SMARTS) is 1. The second kappa shape index (κ2) is 7.95. The van der Waals surface area contributed by atoms with Gasteiger partial charge in [0.2, 0.25) is 0 Å². The summed E-state index contributed by atoms with van der Waals surface area (Å²) in [6.07, 6.45) is 0. The van der Waals surface area contributed by atoms with Crippen molar-refractivity contribution in [1.82, 2.24) is 4.98 Å². The number of hydrogen-bond donors (Lipinski definition) is 3. The van der Waals surface area contributed by atoms with E-state index in [4.69, 9.17) is 27.8 Å². The van der Waals surface area contributed by atoms with Crippen LogP contribution in [0, 0.1) is 0 Å². The van der Waals surface area contributed by atoms with E-state index in [0.717, 1.165) is 10.4 Å². The number of aliphatic carboxylic acids is 1. The number of methoxy groups -OCH3 is 1. The number of ether oxygens (including phenoxy) is 1. The Balaban J connectivity index is 2.16. The Morgan fingerprint density at radius 3 is 2.44 bits per heavy atom. The van der Waals surface area contributed by atoms with E-state index in [1.807, 2.05) is 24.3 Å². The summed E-state index contributed by atoms with van der Waals surface area (Å²) in [5.41, 5.74) is 12.2. The number of rotatable bonds is 6. The van der Waals surface area contributed by atoms with Gasteiger partial charge in [-0.2, -0.15) is 0 Å². The number of benzene rings is 1. The van der Waals surface area contributed by atoms with Crippen LogP contribution in [-0.2, 0) is 4.79 Å². The molecule has 27 heavy (non-hydrogen) atoms. The van der Waals surface area contributed by atoms with Gasteiger partial charge in [-0.15, -0.1) is 22.7 Å². The fourth-order valence-corrected chi connectivity index (χ4v) is 4.60. The third-order valence-electron chi connectivity index (χ3n) is 3.56. The van der Waals surface area contributed by atoms with Gasteiger partial charge in [0.15, 0.2) is 12.0 Å². The van der Waals surface area contributed by atoms with Gasteiger partial charge in [0.1, 0.15) is 10.8 Å². The van der Waals surface area contributed by atoms with Crippen molar-refractivity contribution in [3.63, 3.8) is 0 Å². The number of carboxylic acids is 1. The fraction of sp³-hybridized carbons (Fsp3) is 0.118. The highest BCUT2D eigenvalue weighted by Gasteiger charge is 2.28. The molecule has 2 heterocycles. The SMILES string of the molecule is COc1ccc(-c2nc(-c3ccc(Cl)s3)c(C(N=C(N)N)C(=O)O)s2)cc1. The van der Waals surface area contributed by atoms with E-state index in [2.05, 4.69) is 9.98 Å². The summed E-state index contributed by atoms with van der Waals surface area (Å²) >= 11 is 8.57. The molecule has 2 aromatic heterocycles. The Hall–Kier alpha value is -2.62. The van der Waals surface area contributed by atoms with Gasteiger partial charge in [0.25, 0.3) is 0 Å². The third-order valence-corrected chi connectivity index (χ3v) is 5.95. The molecule has 0 amide bonds. The molecule has 0 spiro atoms. The van der Waals surface area contributed by atoms with Crippen LogP contribution in [0.4, 0.5) is 0 Å². The minimum absolute atomic E-state index is 0.308. The van der Waals surface area contributed by atoms with Gasteiger partial charge in [-0.05, 0) is 36.4 Å². The van der Waals surface area contributed by atoms with E-state index in [1.54, 1.807) is 19.2 Å². The standard InChI is InChI=1S/C17H15ClN4O3S2/c1-25-9-4-2-8(3-5-9)15-21-12(10-6-7-11(18)26-10)14(27-15)13(16(23)24)22-17(19)20/h2-7,13H,1H3,(H,23,24)(H4,19,20,22). The summed E-state index contributed by atoms with van der Waals surface area (Å²) in [5, 5.41) is 10.3. The molecule has 1 unspecified atom stereocenters. The van der Waals surface area contributed by atoms with Crippen LogP contribution in [0.25, 0.3) is 21.1 Å². The summed E-state index contributed by atoms with van der Waals surface area (Å²) in [4.78, 5) is 21.5. The number of nitrogens with zero attached hydrogens (tertiary/aromatic N) is 2. The van der Waals surface area contributed by atoms with Crippen molar-refractivity contribution >= 4 is 46.2 Å². The minimum Gasteiger partial charge on any atom is -0.497 e. The Kier molecular flexibility index (Phi) is 5.64. The van der Waals surface area contributed by atoms with E-state index in [-0.39, 0.29) is 5.96 Å². The zero-order valence-corrected chi connectivity index (χ0v) is 16.4. The molecule has 10 heteroatoms. The van der Waals surface area contributed by atoms with E-state index in [1.165, 1.54) is 22.7 Å². The number of thiophene rings is 1. The molecule has 3 aromatic rings. The molecule has 0 aliphatic carbocycles. The maximum atomic E-state index is 11.8. The quantitative estimate of drug-likeness (QED) is 0.411. The molecule has 0 saturated carbocycles. The van der Waals surface area contributed by atoms with Gasteiger partial charge in [0, 0.05) is 5.56 Å². The Morgan fingerprint density at radius 1 is 1.22 bits per heavy atom. The highest BCUT2D eigenvalue weighted by atomic mass is 35.5. The lowest BCUT2D eigenvalue weighted by atomic mass is 10.2. The second-order valence-electron chi connectivity index (χ2n) is 5.36. The molecule has 140 valence electrons. The highest BCUT2D eigenvalue weighted by Crippen LogP contribution is 2.42. The largest absolute Gasteiger partial charge is 0.497 e. The van der Waals surface area contributed by atoms with Crippen molar-refractivity contribution in [3.05, 3.63) is 45.6 Å². The normalized spacial score (nSPS) is 11.8. The van der Waals surface area contributed by atoms with Crippen LogP contribution < -0.4 is 16.2 Å². The molecule has 5 N–H and O–H groups in total. The molecule has 3 rings (SSSR count). The van der Waals surface area contributed by atoms with Gasteiger partial charge in [-0.1, -0.05) is 11.6 Å². The van der Waals surface area contributed by atoms with Crippen LogP contribution in [0.2, 0.25) is 4.34 Å². The van der Waals surface area contributed by atoms with E-state index < -0.39 is 12.0 Å². The monoisotopic (exact) mass is 422 g/mol. The summed E-state index contributed by atoms with van der Waals surface area (Å²) in [5.74, 6) is -0.765. The number of aromatic nitrogens is 1. The van der Waals surface area contributed by atoms with Crippen molar-refractivity contribution < 1.29 is 14.6 Å². The predicted octanol–water partition coefficient (Wildman–Crippen LogP) is 3.60. The first-order chi connectivity index (χ1) is 12.9. The van der Waals surface area contributed by atoms with Gasteiger partial charge in [0.05, 0.1) is 26.9 Å². The van der Waals surface area contributed by atoms with Gasteiger partial charge >= 0.3 is 5.97 Å². The van der Waals surface area contributed by atoms with E-state index in [9.17, 15) is 9.90 Å². The predicted molar refractivity (Wildman–Crippen MR) is 109 cm³/mol. The van der Waals surface area contributed by atoms with Crippen LogP contribution in [0.15, 0.2) is 41.4 Å². The first-order valence-corrected chi connectivity index (χ1v) is 9.62. The maximum Gasteiger partial charge on any atom is 0.334 e. The Labute approximate surface area is 167 Å². The fourth-order valence-electron chi connectivity index (χ4n) is 2.37. The molecule has 0 radical (unpaired) electrons. The van der Waals surface area contributed by atoms with Crippen molar-refractivity contribution in [3.8, 4) is 26.9 Å². The van der Waals surface area contributed by atoms with Crippen LogP contribution in [-0.4, -0.2) is 29.1 Å². The first kappa shape index (κ1) is 19.2. The zero-order chi connectivity index (χ0) is 19.6. The molecule has 7 nitrogen and oxygen atoms in total. The molecule has 0 fully saturated rings. The van der Waals surface area contributed by atoms with Crippen molar-refractivity contribution in [2.45, 2.75) is 6.04 Å². The summed E-state index contributed by atoms with van der Waals surface area (Å²) in [7, 11) is 1.59. The number of guanidine groups is 1. The van der Waals surface area contributed by atoms with Crippen molar-refractivity contribution in [1.29, 1.82) is 0 Å². The van der Waals surface area contributed by atoms with Crippen LogP contribution in [0.1, 0.15) is 10.9 Å². The number of thiazole rings is 1. The molecule has 0 aliphatic rings. The second-order valence-corrected chi connectivity index (χ2v) is 8.10. The number of aliphatic imine (C=N–C) groups is 1. The van der Waals surface area contributed by atoms with Crippen LogP contribution >= 0.6 is 34.3 Å². The summed E-state index contributed by atoms with van der Waals surface area (Å²) in [6.45, 7) is 0. The molecule has 0 saturated heterocycles. The van der Waals surface area contributed by atoms with Crippen LogP contribution in [0.5, 0.6) is 5.75 Å². The van der Waals surface area contributed by atoms with E-state index >= 15 is 0 Å². The lowest BCUT2D eigenvalue weighted by Crippen LogP contribution is -2.25. The highest BCUT2D eigenvalue weighted by molar-refractivity contribution is 7.20. The van der Waals surface area contributed by atoms with Gasteiger partial charge in [-0.25, -0.2) is 14.8 Å². The number of hydrogen-bond acceptors (Lipinski definition) is 6. The molecule has 0 bridgehead atoms. The molecule has 0 aliphatic heterocycles. The lowest BCUT2D eigenvalue weighted by Gasteiger charge is -2.07. The molecule has 1 atom stereocenters. The number of nitrogens with two attached hydrogens (primary N) is 2. The van der Waals surface area contributed by atoms with E-state index in [0.29, 0.717) is 25.7 Å². The smallest absolute Gasteiger partial charge is 0.334 e. The first-order valence-electron chi connectivity index (χ1n) is 7.61. The van der Waals surface area contributed by atoms with Crippen molar-refractivity contribution in [2.24, 2.45) is 16.5 Å². The average Bonchev–Trinajstić information content (AvgIpc) is 3.25. The zero-order valence-electron chi connectivity index (χ0n) is 14.0. The van der Waals surface area contributed by atoms with Gasteiger partial charge < -0.3 is 21.3 Å². The Morgan fingerprint density at radius 2 is 1.93 bits per heavy atom.